The highest BCUT2D eigenvalue weighted by Crippen LogP contribution is 2.22. The zero-order valence-electron chi connectivity index (χ0n) is 15.6. The summed E-state index contributed by atoms with van der Waals surface area (Å²) >= 11 is 0. The van der Waals surface area contributed by atoms with Gasteiger partial charge in [-0.1, -0.05) is 37.7 Å². The van der Waals surface area contributed by atoms with E-state index in [1.165, 1.54) is 15.8 Å². The van der Waals surface area contributed by atoms with Gasteiger partial charge in [0.15, 0.2) is 0 Å². The zero-order valence-corrected chi connectivity index (χ0v) is 16.5. The molecule has 1 aromatic rings. The van der Waals surface area contributed by atoms with Crippen LogP contribution in [0.25, 0.3) is 0 Å². The van der Waals surface area contributed by atoms with Crippen molar-refractivity contribution in [1.29, 1.82) is 0 Å². The van der Waals surface area contributed by atoms with E-state index in [0.717, 1.165) is 37.1 Å². The summed E-state index contributed by atoms with van der Waals surface area (Å²) in [7, 11) is -1.76. The quantitative estimate of drug-likeness (QED) is 0.541. The van der Waals surface area contributed by atoms with E-state index >= 15 is 0 Å². The molecule has 2 rings (SSSR count). The van der Waals surface area contributed by atoms with Gasteiger partial charge < -0.3 is 9.64 Å². The Morgan fingerprint density at radius 2 is 1.96 bits per heavy atom. The fraction of sp³-hybridized carbons (Fsp3) is 0.500. The number of methoxy groups -OCH3 is 1. The smallest absolute Gasteiger partial charge is 0.236 e. The van der Waals surface area contributed by atoms with Crippen LogP contribution < -0.4 is 9.64 Å². The number of hydrogen-bond donors (Lipinski definition) is 0. The van der Waals surface area contributed by atoms with Gasteiger partial charge in [-0.3, -0.25) is 0 Å². The third-order valence-electron chi connectivity index (χ3n) is 4.35. The Kier molecular flexibility index (Phi) is 8.02. The molecule has 1 heterocycles. The fourth-order valence-corrected chi connectivity index (χ4v) is 3.89. The third kappa shape index (κ3) is 6.08. The molecule has 6 heteroatoms. The maximum absolute atomic E-state index is 12.4. The lowest BCUT2D eigenvalue weighted by atomic mass is 10.2. The van der Waals surface area contributed by atoms with Crippen LogP contribution in [0.1, 0.15) is 32.6 Å². The van der Waals surface area contributed by atoms with Gasteiger partial charge in [-0.25, -0.2) is 8.42 Å². The number of anilines is 1. The molecule has 142 valence electrons. The Morgan fingerprint density at radius 3 is 2.65 bits per heavy atom. The summed E-state index contributed by atoms with van der Waals surface area (Å²) < 4.78 is 31.6. The average molecular weight is 377 g/mol. The summed E-state index contributed by atoms with van der Waals surface area (Å²) in [6.45, 7) is 4.39. The Labute approximate surface area is 157 Å². The maximum atomic E-state index is 12.4. The minimum absolute atomic E-state index is 0.466. The van der Waals surface area contributed by atoms with Crippen LogP contribution in [0.5, 0.6) is 5.75 Å². The van der Waals surface area contributed by atoms with Crippen molar-refractivity contribution < 1.29 is 13.2 Å². The number of unbranched alkanes of at least 4 members (excludes halogenated alkanes) is 3. The van der Waals surface area contributed by atoms with Crippen molar-refractivity contribution in [2.75, 3.05) is 38.2 Å². The van der Waals surface area contributed by atoms with Crippen molar-refractivity contribution >= 4 is 15.7 Å². The molecule has 1 aliphatic heterocycles. The van der Waals surface area contributed by atoms with Crippen LogP contribution in [0.4, 0.5) is 5.69 Å². The summed E-state index contributed by atoms with van der Waals surface area (Å²) in [4.78, 5) is 2.17. The van der Waals surface area contributed by atoms with Crippen LogP contribution in [-0.2, 0) is 10.0 Å². The largest absolute Gasteiger partial charge is 0.497 e. The van der Waals surface area contributed by atoms with Crippen molar-refractivity contribution in [3.8, 4) is 17.6 Å². The molecule has 0 aliphatic carbocycles. The summed E-state index contributed by atoms with van der Waals surface area (Å²) in [5.74, 6) is 6.63. The highest BCUT2D eigenvalue weighted by molar-refractivity contribution is 7.92. The van der Waals surface area contributed by atoms with Crippen LogP contribution in [-0.4, -0.2) is 46.0 Å². The molecule has 0 N–H and O–H groups in total. The van der Waals surface area contributed by atoms with E-state index < -0.39 is 10.0 Å². The highest BCUT2D eigenvalue weighted by Gasteiger charge is 2.25. The molecule has 1 aromatic carbocycles. The van der Waals surface area contributed by atoms with Crippen LogP contribution in [0.15, 0.2) is 35.7 Å². The summed E-state index contributed by atoms with van der Waals surface area (Å²) in [6, 6.07) is 7.83. The standard InChI is InChI=1S/C20H28N2O3S/c1-3-4-5-6-7-8-9-17-26(23,24)22-15-13-21(14-16-22)19-11-10-12-20(18-19)25-2/h9-12,17-18H,3-6,13-16H2,1-2H3/b17-9+. The van der Waals surface area contributed by atoms with Gasteiger partial charge in [-0.15, -0.1) is 0 Å². The van der Waals surface area contributed by atoms with Crippen molar-refractivity contribution in [2.24, 2.45) is 0 Å². The molecule has 5 nitrogen and oxygen atoms in total. The van der Waals surface area contributed by atoms with Gasteiger partial charge in [0.2, 0.25) is 10.0 Å². The van der Waals surface area contributed by atoms with Crippen molar-refractivity contribution in [2.45, 2.75) is 32.6 Å². The summed E-state index contributed by atoms with van der Waals surface area (Å²) in [5, 5.41) is 1.22. The first-order valence-corrected chi connectivity index (χ1v) is 10.6. The van der Waals surface area contributed by atoms with Crippen LogP contribution >= 0.6 is 0 Å². The van der Waals surface area contributed by atoms with Crippen LogP contribution in [0.2, 0.25) is 0 Å². The second-order valence-corrected chi connectivity index (χ2v) is 8.03. The Morgan fingerprint density at radius 1 is 1.19 bits per heavy atom. The molecule has 0 atom stereocenters. The Hall–Kier alpha value is -1.97. The normalized spacial score (nSPS) is 15.7. The summed E-state index contributed by atoms with van der Waals surface area (Å²) in [5.41, 5.74) is 1.05. The number of allylic oxidation sites excluding steroid dienone is 1. The SMILES string of the molecule is CCCCCC#C/C=C/S(=O)(=O)N1CCN(c2cccc(OC)c2)CC1. The fourth-order valence-electron chi connectivity index (χ4n) is 2.81. The Balaban J connectivity index is 1.87. The van der Waals surface area contributed by atoms with E-state index in [9.17, 15) is 8.42 Å². The van der Waals surface area contributed by atoms with Gasteiger partial charge in [0.05, 0.1) is 12.5 Å². The van der Waals surface area contributed by atoms with E-state index in [1.54, 1.807) is 7.11 Å². The molecule has 0 spiro atoms. The first-order chi connectivity index (χ1) is 12.6. The lowest BCUT2D eigenvalue weighted by Crippen LogP contribution is -2.48. The molecule has 0 bridgehead atoms. The number of rotatable bonds is 7. The second-order valence-electron chi connectivity index (χ2n) is 6.21. The number of sulfonamides is 1. The van der Waals surface area contributed by atoms with E-state index in [-0.39, 0.29) is 0 Å². The monoisotopic (exact) mass is 376 g/mol. The zero-order chi connectivity index (χ0) is 18.8. The maximum Gasteiger partial charge on any atom is 0.236 e. The predicted molar refractivity (Wildman–Crippen MR) is 107 cm³/mol. The molecule has 0 aromatic heterocycles. The number of benzene rings is 1. The number of nitrogens with zero attached hydrogens (tertiary/aromatic N) is 2. The molecule has 1 saturated heterocycles. The second kappa shape index (κ2) is 10.2. The molecular weight excluding hydrogens is 348 g/mol. The van der Waals surface area contributed by atoms with Gasteiger partial charge in [-0.2, -0.15) is 4.31 Å². The van der Waals surface area contributed by atoms with Gasteiger partial charge >= 0.3 is 0 Å². The topological polar surface area (TPSA) is 49.9 Å². The third-order valence-corrected chi connectivity index (χ3v) is 5.91. The minimum Gasteiger partial charge on any atom is -0.497 e. The number of ether oxygens (including phenoxy) is 1. The van der Waals surface area contributed by atoms with Crippen LogP contribution in [0, 0.1) is 11.8 Å². The van der Waals surface area contributed by atoms with Gasteiger partial charge in [0.25, 0.3) is 0 Å². The Bertz CT molecular complexity index is 755. The lowest BCUT2D eigenvalue weighted by molar-refractivity contribution is 0.389. The van der Waals surface area contributed by atoms with Gasteiger partial charge in [0, 0.05) is 50.4 Å². The van der Waals surface area contributed by atoms with Crippen LogP contribution in [0.3, 0.4) is 0 Å². The van der Waals surface area contributed by atoms with Crippen molar-refractivity contribution in [3.05, 3.63) is 35.7 Å². The molecule has 0 amide bonds. The molecule has 1 aliphatic rings. The minimum atomic E-state index is -3.40. The number of piperazine rings is 1. The number of hydrogen-bond acceptors (Lipinski definition) is 4. The average Bonchev–Trinajstić information content (AvgIpc) is 2.67. The van der Waals surface area contributed by atoms with E-state index in [0.29, 0.717) is 26.2 Å². The molecular formula is C20H28N2O3S. The molecule has 26 heavy (non-hydrogen) atoms. The van der Waals surface area contributed by atoms with E-state index in [4.69, 9.17) is 4.74 Å². The van der Waals surface area contributed by atoms with E-state index in [1.807, 2.05) is 24.3 Å². The molecule has 0 radical (unpaired) electrons. The van der Waals surface area contributed by atoms with Gasteiger partial charge in [0.1, 0.15) is 5.75 Å². The predicted octanol–water partition coefficient (Wildman–Crippen LogP) is 3.24. The van der Waals surface area contributed by atoms with Crippen molar-refractivity contribution in [3.63, 3.8) is 0 Å². The van der Waals surface area contributed by atoms with Gasteiger partial charge in [-0.05, 0) is 18.6 Å². The van der Waals surface area contributed by atoms with E-state index in [2.05, 4.69) is 23.7 Å². The molecule has 0 saturated carbocycles. The molecule has 1 fully saturated rings. The lowest BCUT2D eigenvalue weighted by Gasteiger charge is -2.34. The first-order valence-electron chi connectivity index (χ1n) is 9.11. The molecule has 0 unspecified atom stereocenters. The summed E-state index contributed by atoms with van der Waals surface area (Å²) in [6.07, 6.45) is 5.66. The first kappa shape index (κ1) is 20.3. The van der Waals surface area contributed by atoms with Crippen molar-refractivity contribution in [1.82, 2.24) is 4.31 Å². The highest BCUT2D eigenvalue weighted by atomic mass is 32.2.